The van der Waals surface area contributed by atoms with Crippen LogP contribution in [0.2, 0.25) is 0 Å². The van der Waals surface area contributed by atoms with Crippen LogP contribution in [0.1, 0.15) is 18.1 Å². The van der Waals surface area contributed by atoms with E-state index in [1.54, 1.807) is 0 Å². The summed E-state index contributed by atoms with van der Waals surface area (Å²) in [5, 5.41) is 0. The Labute approximate surface area is 109 Å². The van der Waals surface area contributed by atoms with E-state index in [9.17, 15) is 8.42 Å². The first-order valence-electron chi connectivity index (χ1n) is 5.94. The first kappa shape index (κ1) is 15.0. The van der Waals surface area contributed by atoms with Crippen LogP contribution in [0.4, 0.5) is 0 Å². The van der Waals surface area contributed by atoms with E-state index in [0.29, 0.717) is 0 Å². The number of sulfone groups is 1. The molecule has 5 heteroatoms. The highest BCUT2D eigenvalue weighted by molar-refractivity contribution is 7.90. The number of rotatable bonds is 6. The quantitative estimate of drug-likeness (QED) is 0.847. The molecule has 1 atom stereocenters. The van der Waals surface area contributed by atoms with Crippen molar-refractivity contribution in [2.45, 2.75) is 26.3 Å². The van der Waals surface area contributed by atoms with Crippen molar-refractivity contribution in [2.24, 2.45) is 5.73 Å². The summed E-state index contributed by atoms with van der Waals surface area (Å²) in [6.45, 7) is 4.05. The molecule has 2 N–H and O–H groups in total. The van der Waals surface area contributed by atoms with Gasteiger partial charge in [0.05, 0.1) is 5.75 Å². The van der Waals surface area contributed by atoms with Crippen LogP contribution in [0, 0.1) is 6.92 Å². The van der Waals surface area contributed by atoms with Crippen molar-refractivity contribution in [3.8, 4) is 5.75 Å². The van der Waals surface area contributed by atoms with Gasteiger partial charge in [0.2, 0.25) is 0 Å². The van der Waals surface area contributed by atoms with Gasteiger partial charge in [-0.1, -0.05) is 18.2 Å². The normalized spacial score (nSPS) is 13.3. The molecule has 4 nitrogen and oxygen atoms in total. The van der Waals surface area contributed by atoms with Gasteiger partial charge in [-0.05, 0) is 31.4 Å². The Balaban J connectivity index is 2.79. The average molecular weight is 271 g/mol. The summed E-state index contributed by atoms with van der Waals surface area (Å²) in [6.07, 6.45) is 1.92. The maximum absolute atomic E-state index is 11.1. The number of hydrogen-bond donors (Lipinski definition) is 1. The third-order valence-corrected chi connectivity index (χ3v) is 3.44. The summed E-state index contributed by atoms with van der Waals surface area (Å²) < 4.78 is 27.7. The van der Waals surface area contributed by atoms with Gasteiger partial charge in [-0.2, -0.15) is 0 Å². The zero-order chi connectivity index (χ0) is 13.8. The zero-order valence-corrected chi connectivity index (χ0v) is 12.0. The lowest BCUT2D eigenvalue weighted by molar-refractivity contribution is 0.334. The minimum absolute atomic E-state index is 0.0267. The number of ether oxygens (including phenoxy) is 1. The molecule has 0 radical (unpaired) electrons. The van der Waals surface area contributed by atoms with Crippen LogP contribution in [0.25, 0.3) is 0 Å². The summed E-state index contributed by atoms with van der Waals surface area (Å²) in [5.41, 5.74) is 7.82. The molecule has 0 bridgehead atoms. The first-order chi connectivity index (χ1) is 8.29. The van der Waals surface area contributed by atoms with Crippen molar-refractivity contribution >= 4 is 9.84 Å². The molecule has 1 rings (SSSR count). The lowest BCUT2D eigenvalue weighted by Crippen LogP contribution is -2.19. The number of hydrogen-bond acceptors (Lipinski definition) is 4. The van der Waals surface area contributed by atoms with Crippen LogP contribution in [0.3, 0.4) is 0 Å². The Morgan fingerprint density at radius 2 is 2.06 bits per heavy atom. The third-order valence-electron chi connectivity index (χ3n) is 2.54. The number of para-hydroxylation sites is 1. The van der Waals surface area contributed by atoms with Crippen LogP contribution in [-0.2, 0) is 16.3 Å². The topological polar surface area (TPSA) is 69.4 Å². The molecule has 0 amide bonds. The Bertz CT molecular complexity index is 495. The predicted molar refractivity (Wildman–Crippen MR) is 73.7 cm³/mol. The van der Waals surface area contributed by atoms with Crippen molar-refractivity contribution in [1.82, 2.24) is 0 Å². The molecule has 1 aromatic rings. The van der Waals surface area contributed by atoms with Crippen LogP contribution in [-0.4, -0.2) is 33.1 Å². The maximum atomic E-state index is 11.1. The highest BCUT2D eigenvalue weighted by Crippen LogP contribution is 2.24. The van der Waals surface area contributed by atoms with Gasteiger partial charge in [0.1, 0.15) is 12.4 Å². The maximum Gasteiger partial charge on any atom is 0.150 e. The number of nitrogens with two attached hydrogens (primary N) is 1. The second-order valence-electron chi connectivity index (χ2n) is 4.72. The van der Waals surface area contributed by atoms with E-state index in [-0.39, 0.29) is 18.4 Å². The van der Waals surface area contributed by atoms with Crippen LogP contribution in [0.5, 0.6) is 5.75 Å². The standard InChI is InChI=1S/C13H21NO3S/c1-10-5-4-6-12(9-11(2)14)13(10)17-7-8-18(3,15)16/h4-6,11H,7-9,14H2,1-3H3. The monoisotopic (exact) mass is 271 g/mol. The molecule has 0 heterocycles. The highest BCUT2D eigenvalue weighted by atomic mass is 32.2. The molecule has 0 aromatic heterocycles. The third kappa shape index (κ3) is 5.06. The molecular weight excluding hydrogens is 250 g/mol. The minimum Gasteiger partial charge on any atom is -0.492 e. The van der Waals surface area contributed by atoms with E-state index in [4.69, 9.17) is 10.5 Å². The summed E-state index contributed by atoms with van der Waals surface area (Å²) in [7, 11) is -2.99. The van der Waals surface area contributed by atoms with E-state index in [0.717, 1.165) is 23.3 Å². The van der Waals surface area contributed by atoms with Gasteiger partial charge in [-0.15, -0.1) is 0 Å². The molecule has 0 fully saturated rings. The minimum atomic E-state index is -2.99. The Kier molecular flexibility index (Phi) is 5.16. The fourth-order valence-electron chi connectivity index (χ4n) is 1.72. The Morgan fingerprint density at radius 1 is 1.39 bits per heavy atom. The largest absolute Gasteiger partial charge is 0.492 e. The van der Waals surface area contributed by atoms with Crippen LogP contribution >= 0.6 is 0 Å². The van der Waals surface area contributed by atoms with Gasteiger partial charge < -0.3 is 10.5 Å². The molecule has 0 spiro atoms. The second kappa shape index (κ2) is 6.20. The molecule has 1 unspecified atom stereocenters. The molecule has 0 saturated heterocycles. The number of aryl methyl sites for hydroxylation is 1. The molecule has 0 aliphatic carbocycles. The van der Waals surface area contributed by atoms with Crippen molar-refractivity contribution in [1.29, 1.82) is 0 Å². The SMILES string of the molecule is Cc1cccc(CC(C)N)c1OCCS(C)(=O)=O. The lowest BCUT2D eigenvalue weighted by Gasteiger charge is -2.15. The Morgan fingerprint density at radius 3 is 2.61 bits per heavy atom. The van der Waals surface area contributed by atoms with E-state index in [1.807, 2.05) is 32.0 Å². The van der Waals surface area contributed by atoms with E-state index < -0.39 is 9.84 Å². The van der Waals surface area contributed by atoms with Gasteiger partial charge in [-0.3, -0.25) is 0 Å². The van der Waals surface area contributed by atoms with Crippen molar-refractivity contribution < 1.29 is 13.2 Å². The average Bonchev–Trinajstić information content (AvgIpc) is 2.19. The van der Waals surface area contributed by atoms with E-state index in [2.05, 4.69) is 0 Å². The summed E-state index contributed by atoms with van der Waals surface area (Å²) in [4.78, 5) is 0. The summed E-state index contributed by atoms with van der Waals surface area (Å²) >= 11 is 0. The highest BCUT2D eigenvalue weighted by Gasteiger charge is 2.10. The Hall–Kier alpha value is -1.07. The summed E-state index contributed by atoms with van der Waals surface area (Å²) in [5.74, 6) is 0.789. The van der Waals surface area contributed by atoms with Gasteiger partial charge in [0, 0.05) is 12.3 Å². The fraction of sp³-hybridized carbons (Fsp3) is 0.538. The van der Waals surface area contributed by atoms with E-state index in [1.165, 1.54) is 6.26 Å². The van der Waals surface area contributed by atoms with Crippen LogP contribution in [0.15, 0.2) is 18.2 Å². The van der Waals surface area contributed by atoms with Gasteiger partial charge >= 0.3 is 0 Å². The molecule has 0 aliphatic rings. The first-order valence-corrected chi connectivity index (χ1v) is 8.00. The summed E-state index contributed by atoms with van der Waals surface area (Å²) in [6, 6.07) is 5.91. The molecule has 0 saturated carbocycles. The smallest absolute Gasteiger partial charge is 0.150 e. The van der Waals surface area contributed by atoms with Crippen molar-refractivity contribution in [2.75, 3.05) is 18.6 Å². The van der Waals surface area contributed by atoms with Gasteiger partial charge in [0.15, 0.2) is 9.84 Å². The molecular formula is C13H21NO3S. The van der Waals surface area contributed by atoms with Crippen LogP contribution < -0.4 is 10.5 Å². The van der Waals surface area contributed by atoms with Crippen molar-refractivity contribution in [3.05, 3.63) is 29.3 Å². The molecule has 102 valence electrons. The molecule has 18 heavy (non-hydrogen) atoms. The predicted octanol–water partition coefficient (Wildman–Crippen LogP) is 1.31. The second-order valence-corrected chi connectivity index (χ2v) is 6.98. The van der Waals surface area contributed by atoms with E-state index >= 15 is 0 Å². The van der Waals surface area contributed by atoms with Gasteiger partial charge in [-0.25, -0.2) is 8.42 Å². The fourth-order valence-corrected chi connectivity index (χ4v) is 2.11. The zero-order valence-electron chi connectivity index (χ0n) is 11.1. The molecule has 1 aromatic carbocycles. The lowest BCUT2D eigenvalue weighted by atomic mass is 10.0. The van der Waals surface area contributed by atoms with Gasteiger partial charge in [0.25, 0.3) is 0 Å². The number of benzene rings is 1. The van der Waals surface area contributed by atoms with Crippen molar-refractivity contribution in [3.63, 3.8) is 0 Å². The molecule has 0 aliphatic heterocycles.